The Morgan fingerprint density at radius 3 is 2.28 bits per heavy atom. The van der Waals surface area contributed by atoms with Crippen molar-refractivity contribution in [2.45, 2.75) is 26.8 Å². The highest BCUT2D eigenvalue weighted by Gasteiger charge is 2.18. The Morgan fingerprint density at radius 1 is 1.04 bits per heavy atom. The number of aliphatic carboxylic acids is 1. The standard InChI is InChI=1S/C19H16Cl3NO2/c1-10-3-16-15(7-19(24)25)11(2)23(18(16)8-17(10)22)9-12-4-13(20)6-14(21)5-12/h3-6,8H,7,9H2,1-2H3,(H,24,25). The first-order valence-corrected chi connectivity index (χ1v) is 8.84. The SMILES string of the molecule is Cc1cc2c(CC(=O)O)c(C)n(Cc3cc(Cl)cc(Cl)c3)c2cc1Cl. The molecule has 130 valence electrons. The molecule has 3 rings (SSSR count). The number of fused-ring (bicyclic) bond motifs is 1. The minimum absolute atomic E-state index is 0.0350. The third kappa shape index (κ3) is 3.64. The van der Waals surface area contributed by atoms with Gasteiger partial charge in [0.2, 0.25) is 0 Å². The van der Waals surface area contributed by atoms with Crippen LogP contribution in [0, 0.1) is 13.8 Å². The molecule has 0 amide bonds. The summed E-state index contributed by atoms with van der Waals surface area (Å²) in [5.74, 6) is -0.861. The van der Waals surface area contributed by atoms with Gasteiger partial charge in [-0.3, -0.25) is 4.79 Å². The molecule has 0 spiro atoms. The number of hydrogen-bond acceptors (Lipinski definition) is 1. The van der Waals surface area contributed by atoms with Crippen molar-refractivity contribution in [2.24, 2.45) is 0 Å². The van der Waals surface area contributed by atoms with E-state index in [1.807, 2.05) is 38.1 Å². The molecule has 0 atom stereocenters. The Morgan fingerprint density at radius 2 is 1.68 bits per heavy atom. The molecule has 0 fully saturated rings. The number of halogens is 3. The Bertz CT molecular complexity index is 972. The normalized spacial score (nSPS) is 11.2. The predicted molar refractivity (Wildman–Crippen MR) is 103 cm³/mol. The Balaban J connectivity index is 2.21. The molecule has 3 aromatic rings. The van der Waals surface area contributed by atoms with E-state index in [1.165, 1.54) is 0 Å². The zero-order chi connectivity index (χ0) is 18.3. The van der Waals surface area contributed by atoms with E-state index in [0.29, 0.717) is 21.6 Å². The summed E-state index contributed by atoms with van der Waals surface area (Å²) in [7, 11) is 0. The van der Waals surface area contributed by atoms with Gasteiger partial charge in [0.1, 0.15) is 0 Å². The minimum atomic E-state index is -0.861. The molecular weight excluding hydrogens is 381 g/mol. The van der Waals surface area contributed by atoms with Gasteiger partial charge in [-0.25, -0.2) is 0 Å². The number of carboxylic acids is 1. The summed E-state index contributed by atoms with van der Waals surface area (Å²) in [5, 5.41) is 12.0. The van der Waals surface area contributed by atoms with Gasteiger partial charge in [0.15, 0.2) is 0 Å². The first-order valence-electron chi connectivity index (χ1n) is 7.71. The monoisotopic (exact) mass is 395 g/mol. The van der Waals surface area contributed by atoms with Gasteiger partial charge in [-0.15, -0.1) is 0 Å². The molecule has 0 saturated carbocycles. The quantitative estimate of drug-likeness (QED) is 0.597. The van der Waals surface area contributed by atoms with Crippen LogP contribution in [0.2, 0.25) is 15.1 Å². The Labute approximate surface area is 160 Å². The van der Waals surface area contributed by atoms with Crippen molar-refractivity contribution in [3.63, 3.8) is 0 Å². The van der Waals surface area contributed by atoms with Gasteiger partial charge < -0.3 is 9.67 Å². The fraction of sp³-hybridized carbons (Fsp3) is 0.211. The van der Waals surface area contributed by atoms with Crippen molar-refractivity contribution in [3.8, 4) is 0 Å². The minimum Gasteiger partial charge on any atom is -0.481 e. The summed E-state index contributed by atoms with van der Waals surface area (Å²) in [6.45, 7) is 4.37. The zero-order valence-electron chi connectivity index (χ0n) is 13.7. The maximum atomic E-state index is 11.3. The van der Waals surface area contributed by atoms with Crippen LogP contribution >= 0.6 is 34.8 Å². The van der Waals surface area contributed by atoms with E-state index in [-0.39, 0.29) is 6.42 Å². The van der Waals surface area contributed by atoms with E-state index in [4.69, 9.17) is 34.8 Å². The summed E-state index contributed by atoms with van der Waals surface area (Å²) in [4.78, 5) is 11.3. The predicted octanol–water partition coefficient (Wildman–Crippen LogP) is 5.89. The maximum Gasteiger partial charge on any atom is 0.307 e. The number of benzene rings is 2. The third-order valence-electron chi connectivity index (χ3n) is 4.33. The van der Waals surface area contributed by atoms with Crippen LogP contribution in [0.15, 0.2) is 30.3 Å². The smallest absolute Gasteiger partial charge is 0.307 e. The molecule has 1 heterocycles. The van der Waals surface area contributed by atoms with Crippen LogP contribution in [0.1, 0.15) is 22.4 Å². The van der Waals surface area contributed by atoms with Crippen molar-refractivity contribution in [1.82, 2.24) is 4.57 Å². The number of hydrogen-bond donors (Lipinski definition) is 1. The number of aryl methyl sites for hydroxylation is 1. The van der Waals surface area contributed by atoms with Crippen LogP contribution in [0.3, 0.4) is 0 Å². The van der Waals surface area contributed by atoms with Gasteiger partial charge in [0.25, 0.3) is 0 Å². The lowest BCUT2D eigenvalue weighted by Crippen LogP contribution is -2.05. The van der Waals surface area contributed by atoms with E-state index in [0.717, 1.165) is 33.3 Å². The van der Waals surface area contributed by atoms with Crippen LogP contribution in [-0.4, -0.2) is 15.6 Å². The molecule has 2 aromatic carbocycles. The van der Waals surface area contributed by atoms with E-state index >= 15 is 0 Å². The third-order valence-corrected chi connectivity index (χ3v) is 5.17. The molecule has 0 saturated heterocycles. The summed E-state index contributed by atoms with van der Waals surface area (Å²) in [6, 6.07) is 9.22. The molecule has 1 N–H and O–H groups in total. The Hall–Kier alpha value is -1.68. The van der Waals surface area contributed by atoms with Gasteiger partial charge in [0, 0.05) is 32.7 Å². The fourth-order valence-electron chi connectivity index (χ4n) is 3.14. The number of carbonyl (C=O) groups is 1. The first-order chi connectivity index (χ1) is 11.8. The lowest BCUT2D eigenvalue weighted by atomic mass is 10.1. The fourth-order valence-corrected chi connectivity index (χ4v) is 3.87. The average molecular weight is 397 g/mol. The van der Waals surface area contributed by atoms with Gasteiger partial charge >= 0.3 is 5.97 Å². The molecule has 25 heavy (non-hydrogen) atoms. The topological polar surface area (TPSA) is 42.2 Å². The number of carboxylic acid groups (broad SMARTS) is 1. The molecule has 6 heteroatoms. The zero-order valence-corrected chi connectivity index (χ0v) is 16.0. The van der Waals surface area contributed by atoms with Crippen molar-refractivity contribution >= 4 is 51.7 Å². The second kappa shape index (κ2) is 6.91. The number of nitrogens with zero attached hydrogens (tertiary/aromatic N) is 1. The van der Waals surface area contributed by atoms with Crippen LogP contribution in [-0.2, 0) is 17.8 Å². The molecule has 0 unspecified atom stereocenters. The lowest BCUT2D eigenvalue weighted by molar-refractivity contribution is -0.136. The van der Waals surface area contributed by atoms with Crippen molar-refractivity contribution in [2.75, 3.05) is 0 Å². The van der Waals surface area contributed by atoms with Crippen LogP contribution in [0.4, 0.5) is 0 Å². The summed E-state index contributed by atoms with van der Waals surface area (Å²) >= 11 is 18.5. The lowest BCUT2D eigenvalue weighted by Gasteiger charge is -2.10. The largest absolute Gasteiger partial charge is 0.481 e. The molecule has 0 aliphatic rings. The second-order valence-corrected chi connectivity index (χ2v) is 7.40. The van der Waals surface area contributed by atoms with Crippen molar-refractivity contribution in [1.29, 1.82) is 0 Å². The maximum absolute atomic E-state index is 11.3. The average Bonchev–Trinajstić information content (AvgIpc) is 2.72. The molecule has 0 aliphatic carbocycles. The second-order valence-electron chi connectivity index (χ2n) is 6.12. The highest BCUT2D eigenvalue weighted by Crippen LogP contribution is 2.32. The molecule has 0 aliphatic heterocycles. The molecule has 0 bridgehead atoms. The highest BCUT2D eigenvalue weighted by molar-refractivity contribution is 6.34. The van der Waals surface area contributed by atoms with Crippen LogP contribution in [0.5, 0.6) is 0 Å². The van der Waals surface area contributed by atoms with Gasteiger partial charge in [-0.05, 0) is 60.9 Å². The summed E-state index contributed by atoms with van der Waals surface area (Å²) < 4.78 is 2.06. The highest BCUT2D eigenvalue weighted by atomic mass is 35.5. The number of rotatable bonds is 4. The number of aromatic nitrogens is 1. The Kier molecular flexibility index (Phi) is 5.01. The summed E-state index contributed by atoms with van der Waals surface area (Å²) in [6.07, 6.45) is -0.0350. The van der Waals surface area contributed by atoms with E-state index in [2.05, 4.69) is 4.57 Å². The van der Waals surface area contributed by atoms with E-state index < -0.39 is 5.97 Å². The van der Waals surface area contributed by atoms with Crippen LogP contribution in [0.25, 0.3) is 10.9 Å². The van der Waals surface area contributed by atoms with Crippen molar-refractivity contribution in [3.05, 3.63) is 67.8 Å². The molecular formula is C19H16Cl3NO2. The molecule has 0 radical (unpaired) electrons. The van der Waals surface area contributed by atoms with Gasteiger partial charge in [0.05, 0.1) is 11.9 Å². The van der Waals surface area contributed by atoms with E-state index in [9.17, 15) is 9.90 Å². The van der Waals surface area contributed by atoms with Crippen LogP contribution < -0.4 is 0 Å². The molecule has 3 nitrogen and oxygen atoms in total. The molecule has 1 aromatic heterocycles. The van der Waals surface area contributed by atoms with Crippen molar-refractivity contribution < 1.29 is 9.90 Å². The first kappa shape index (κ1) is 18.1. The van der Waals surface area contributed by atoms with Gasteiger partial charge in [-0.2, -0.15) is 0 Å². The van der Waals surface area contributed by atoms with Gasteiger partial charge in [-0.1, -0.05) is 34.8 Å². The summed E-state index contributed by atoms with van der Waals surface area (Å²) in [5.41, 5.74) is 4.46. The van der Waals surface area contributed by atoms with E-state index in [1.54, 1.807) is 6.07 Å².